The number of carboxylic acid groups (broad SMARTS) is 1. The van der Waals surface area contributed by atoms with E-state index in [0.717, 1.165) is 30.2 Å². The molecule has 0 fully saturated rings. The summed E-state index contributed by atoms with van der Waals surface area (Å²) < 4.78 is 0. The first-order valence-electron chi connectivity index (χ1n) is 15.5. The maximum Gasteiger partial charge on any atom is 0.316 e. The van der Waals surface area contributed by atoms with E-state index in [9.17, 15) is 38.7 Å². The Morgan fingerprint density at radius 3 is 2.17 bits per heavy atom. The summed E-state index contributed by atoms with van der Waals surface area (Å²) >= 11 is 1.00. The predicted molar refractivity (Wildman–Crippen MR) is 175 cm³/mol. The molecule has 256 valence electrons. The molecule has 0 spiro atoms. The van der Waals surface area contributed by atoms with Crippen LogP contribution in [0.5, 0.6) is 0 Å². The summed E-state index contributed by atoms with van der Waals surface area (Å²) in [5, 5.41) is 24.4. The van der Waals surface area contributed by atoms with Gasteiger partial charge < -0.3 is 41.8 Å². The Balaban J connectivity index is 2.64. The van der Waals surface area contributed by atoms with Gasteiger partial charge in [0.1, 0.15) is 17.6 Å². The molecule has 0 saturated heterocycles. The average molecular weight is 665 g/mol. The number of carboxylic acids is 1. The number of hydrogen-bond acceptors (Lipinski definition) is 9. The van der Waals surface area contributed by atoms with E-state index >= 15 is 0 Å². The highest BCUT2D eigenvalue weighted by Gasteiger charge is 2.26. The summed E-state index contributed by atoms with van der Waals surface area (Å²) in [6.07, 6.45) is 4.72. The first-order valence-corrected chi connectivity index (χ1v) is 16.5. The summed E-state index contributed by atoms with van der Waals surface area (Å²) in [4.78, 5) is 84.7. The molecule has 0 aliphatic carbocycles. The van der Waals surface area contributed by atoms with Gasteiger partial charge in [0, 0.05) is 18.7 Å². The van der Waals surface area contributed by atoms with E-state index < -0.39 is 41.7 Å². The molecule has 14 nitrogen and oxygen atoms in total. The van der Waals surface area contributed by atoms with Crippen molar-refractivity contribution in [1.29, 1.82) is 0 Å². The molecule has 0 radical (unpaired) electrons. The summed E-state index contributed by atoms with van der Waals surface area (Å²) in [7, 11) is 1.61. The van der Waals surface area contributed by atoms with Crippen molar-refractivity contribution in [1.82, 2.24) is 31.9 Å². The zero-order chi connectivity index (χ0) is 34.2. The van der Waals surface area contributed by atoms with Crippen LogP contribution in [0.1, 0.15) is 57.4 Å². The second kappa shape index (κ2) is 24.3. The number of amides is 5. The number of nitrogens with one attached hydrogen (secondary N) is 6. The van der Waals surface area contributed by atoms with Gasteiger partial charge in [-0.1, -0.05) is 56.5 Å². The summed E-state index contributed by atoms with van der Waals surface area (Å²) in [5.41, 5.74) is 0.857. The van der Waals surface area contributed by atoms with Crippen LogP contribution in [-0.2, 0) is 40.0 Å². The molecular formula is C31H48N6O8S. The van der Waals surface area contributed by atoms with Gasteiger partial charge in [-0.2, -0.15) is 0 Å². The van der Waals surface area contributed by atoms with E-state index in [-0.39, 0.29) is 55.8 Å². The Morgan fingerprint density at radius 1 is 0.826 bits per heavy atom. The number of carbonyl (C=O) groups excluding carboxylic acids is 6. The van der Waals surface area contributed by atoms with Gasteiger partial charge in [-0.05, 0) is 38.3 Å². The molecule has 3 unspecified atom stereocenters. The largest absolute Gasteiger partial charge is 0.480 e. The van der Waals surface area contributed by atoms with Gasteiger partial charge in [0.25, 0.3) is 0 Å². The number of benzene rings is 1. The number of aliphatic carboxylic acids is 1. The molecule has 0 aliphatic rings. The van der Waals surface area contributed by atoms with Gasteiger partial charge in [-0.15, -0.1) is 11.8 Å². The van der Waals surface area contributed by atoms with Crippen molar-refractivity contribution in [3.05, 3.63) is 35.9 Å². The lowest BCUT2D eigenvalue weighted by molar-refractivity contribution is -0.136. The Hall–Kier alpha value is -3.98. The van der Waals surface area contributed by atoms with Gasteiger partial charge in [-0.25, -0.2) is 0 Å². The third kappa shape index (κ3) is 18.7. The molecule has 15 heteroatoms. The van der Waals surface area contributed by atoms with Crippen LogP contribution in [0.2, 0.25) is 0 Å². The third-order valence-electron chi connectivity index (χ3n) is 6.63. The quantitative estimate of drug-likeness (QED) is 0.0545. The number of rotatable bonds is 25. The summed E-state index contributed by atoms with van der Waals surface area (Å²) in [6, 6.07) is 7.26. The number of likely N-dealkylation sites (N-methyl/N-ethyl adjacent to an activating group) is 1. The Kier molecular flexibility index (Phi) is 21.1. The highest BCUT2D eigenvalue weighted by molar-refractivity contribution is 8.00. The first-order chi connectivity index (χ1) is 22.1. The molecule has 0 saturated carbocycles. The van der Waals surface area contributed by atoms with Crippen LogP contribution in [0.25, 0.3) is 0 Å². The van der Waals surface area contributed by atoms with Crippen molar-refractivity contribution >= 4 is 53.6 Å². The van der Waals surface area contributed by atoms with Crippen molar-refractivity contribution in [2.45, 2.75) is 75.6 Å². The number of aldehydes is 1. The Bertz CT molecular complexity index is 1120. The van der Waals surface area contributed by atoms with E-state index in [1.54, 1.807) is 7.05 Å². The minimum Gasteiger partial charge on any atom is -0.480 e. The molecule has 0 bridgehead atoms. The maximum absolute atomic E-state index is 13.0. The van der Waals surface area contributed by atoms with E-state index in [2.05, 4.69) is 31.9 Å². The fraction of sp³-hybridized carbons (Fsp3) is 0.581. The number of hydrogen-bond donors (Lipinski definition) is 7. The lowest BCUT2D eigenvalue weighted by Crippen LogP contribution is -2.51. The molecule has 0 aliphatic heterocycles. The standard InChI is InChI=1S/C31H48N6O8S/c1-3-4-6-14-26(39)37-24(30(43)35-19-29(42)36-23(20-38)16-22-11-7-5-8-12-22)21-46-25(31(44)45)13-9-10-15-33-28(41)18-34-27(40)17-32-2/h5,7-8,11-12,20,23-25,32H,3-4,6,9-10,13-19,21H2,1-2H3,(H,33,41)(H,34,40)(H,35,43)(H,36,42)(H,37,39)(H,44,45). The number of thioether (sulfide) groups is 1. The topological polar surface area (TPSA) is 212 Å². The normalized spacial score (nSPS) is 12.6. The van der Waals surface area contributed by atoms with Crippen LogP contribution < -0.4 is 31.9 Å². The maximum atomic E-state index is 13.0. The molecular weight excluding hydrogens is 616 g/mol. The van der Waals surface area contributed by atoms with Crippen molar-refractivity contribution < 1.29 is 38.7 Å². The fourth-order valence-electron chi connectivity index (χ4n) is 4.17. The molecule has 1 rings (SSSR count). The second-order valence-corrected chi connectivity index (χ2v) is 11.8. The van der Waals surface area contributed by atoms with Crippen molar-refractivity contribution in [3.8, 4) is 0 Å². The van der Waals surface area contributed by atoms with E-state index in [4.69, 9.17) is 0 Å². The molecule has 5 amide bonds. The third-order valence-corrected chi connectivity index (χ3v) is 8.00. The van der Waals surface area contributed by atoms with Crippen LogP contribution in [-0.4, -0.2) is 103 Å². The van der Waals surface area contributed by atoms with Crippen molar-refractivity contribution in [3.63, 3.8) is 0 Å². The first kappa shape index (κ1) is 40.0. The van der Waals surface area contributed by atoms with Crippen LogP contribution in [0.3, 0.4) is 0 Å². The van der Waals surface area contributed by atoms with E-state index in [0.29, 0.717) is 32.1 Å². The molecule has 3 atom stereocenters. The Labute approximate surface area is 274 Å². The second-order valence-electron chi connectivity index (χ2n) is 10.6. The average Bonchev–Trinajstić information content (AvgIpc) is 3.03. The molecule has 1 aromatic carbocycles. The smallest absolute Gasteiger partial charge is 0.316 e. The van der Waals surface area contributed by atoms with Gasteiger partial charge in [0.15, 0.2) is 0 Å². The van der Waals surface area contributed by atoms with Crippen LogP contribution in [0.4, 0.5) is 0 Å². The highest BCUT2D eigenvalue weighted by atomic mass is 32.2. The Morgan fingerprint density at radius 2 is 1.52 bits per heavy atom. The van der Waals surface area contributed by atoms with Crippen LogP contribution in [0.15, 0.2) is 30.3 Å². The van der Waals surface area contributed by atoms with Gasteiger partial charge >= 0.3 is 5.97 Å². The zero-order valence-corrected chi connectivity index (χ0v) is 27.4. The molecule has 1 aromatic rings. The minimum absolute atomic E-state index is 0.0437. The molecule has 0 aromatic heterocycles. The number of unbranched alkanes of at least 4 members (excludes halogenated alkanes) is 3. The van der Waals surface area contributed by atoms with Gasteiger partial charge in [0.2, 0.25) is 29.5 Å². The van der Waals surface area contributed by atoms with E-state index in [1.807, 2.05) is 37.3 Å². The van der Waals surface area contributed by atoms with Crippen LogP contribution in [0, 0.1) is 0 Å². The molecule has 46 heavy (non-hydrogen) atoms. The van der Waals surface area contributed by atoms with Gasteiger partial charge in [0.05, 0.1) is 25.7 Å². The minimum atomic E-state index is -1.09. The lowest BCUT2D eigenvalue weighted by Gasteiger charge is -2.21. The SMILES string of the molecule is CCCCCC(=O)NC(CSC(CCCCNC(=O)CNC(=O)CNC)C(=O)O)C(=O)NCC(=O)NC(C=O)Cc1ccccc1. The van der Waals surface area contributed by atoms with Crippen molar-refractivity contribution in [2.24, 2.45) is 0 Å². The van der Waals surface area contributed by atoms with Gasteiger partial charge in [-0.3, -0.25) is 28.8 Å². The van der Waals surface area contributed by atoms with E-state index in [1.165, 1.54) is 0 Å². The van der Waals surface area contributed by atoms with Crippen molar-refractivity contribution in [2.75, 3.05) is 39.0 Å². The molecule has 7 N–H and O–H groups in total. The fourth-order valence-corrected chi connectivity index (χ4v) is 5.31. The zero-order valence-electron chi connectivity index (χ0n) is 26.6. The summed E-state index contributed by atoms with van der Waals surface area (Å²) in [6.45, 7) is 1.80. The predicted octanol–water partition coefficient (Wildman–Crippen LogP) is -0.0974. The highest BCUT2D eigenvalue weighted by Crippen LogP contribution is 2.19. The monoisotopic (exact) mass is 664 g/mol. The molecule has 0 heterocycles. The number of carbonyl (C=O) groups is 7. The summed E-state index contributed by atoms with van der Waals surface area (Å²) in [5.74, 6) is -3.37. The van der Waals surface area contributed by atoms with Crippen LogP contribution >= 0.6 is 11.8 Å². The lowest BCUT2D eigenvalue weighted by atomic mass is 10.1.